The third-order valence-corrected chi connectivity index (χ3v) is 4.64. The number of ether oxygens (including phenoxy) is 3. The van der Waals surface area contributed by atoms with Gasteiger partial charge in [-0.3, -0.25) is 14.6 Å². The monoisotopic (exact) mass is 430 g/mol. The Labute approximate surface area is 182 Å². The predicted molar refractivity (Wildman–Crippen MR) is 115 cm³/mol. The van der Waals surface area contributed by atoms with Gasteiger partial charge in [0.1, 0.15) is 5.69 Å². The summed E-state index contributed by atoms with van der Waals surface area (Å²) in [5.41, 5.74) is 1.28. The molecule has 0 aliphatic heterocycles. The van der Waals surface area contributed by atoms with Crippen LogP contribution in [0.4, 0.5) is 0 Å². The number of rotatable bonds is 13. The molecule has 9 nitrogen and oxygen atoms in total. The minimum absolute atomic E-state index is 0.121. The van der Waals surface area contributed by atoms with Gasteiger partial charge < -0.3 is 24.4 Å². The summed E-state index contributed by atoms with van der Waals surface area (Å²) in [5.74, 6) is 0.948. The number of aromatic nitrogens is 2. The summed E-state index contributed by atoms with van der Waals surface area (Å²) in [6.07, 6.45) is 5.94. The van der Waals surface area contributed by atoms with E-state index in [-0.39, 0.29) is 23.9 Å². The molecule has 0 aliphatic rings. The summed E-state index contributed by atoms with van der Waals surface area (Å²) in [6.45, 7) is 1.78. The van der Waals surface area contributed by atoms with E-state index < -0.39 is 0 Å². The molecule has 168 valence electrons. The first-order chi connectivity index (χ1) is 15.1. The van der Waals surface area contributed by atoms with E-state index in [2.05, 4.69) is 15.3 Å². The number of hydrogen-bond acceptors (Lipinski definition) is 7. The highest BCUT2D eigenvalue weighted by atomic mass is 16.5. The number of methoxy groups -OCH3 is 3. The van der Waals surface area contributed by atoms with Crippen molar-refractivity contribution in [2.24, 2.45) is 0 Å². The van der Waals surface area contributed by atoms with Gasteiger partial charge in [0.15, 0.2) is 11.5 Å². The second kappa shape index (κ2) is 13.2. The fourth-order valence-corrected chi connectivity index (χ4v) is 2.99. The van der Waals surface area contributed by atoms with Crippen molar-refractivity contribution in [2.75, 3.05) is 47.6 Å². The van der Waals surface area contributed by atoms with Crippen molar-refractivity contribution in [3.05, 3.63) is 48.0 Å². The summed E-state index contributed by atoms with van der Waals surface area (Å²) >= 11 is 0. The zero-order valence-electron chi connectivity index (χ0n) is 18.3. The molecule has 0 bridgehead atoms. The summed E-state index contributed by atoms with van der Waals surface area (Å²) in [7, 11) is 4.79. The van der Waals surface area contributed by atoms with Crippen molar-refractivity contribution < 1.29 is 23.8 Å². The first-order valence-corrected chi connectivity index (χ1v) is 10.1. The van der Waals surface area contributed by atoms with E-state index in [1.165, 1.54) is 18.6 Å². The SMILES string of the molecule is COCCCN(CCC(=O)NCCc1ccc(OC)c(OC)c1)C(=O)c1cnccn1. The summed E-state index contributed by atoms with van der Waals surface area (Å²) in [6, 6.07) is 5.67. The third-order valence-electron chi connectivity index (χ3n) is 4.64. The van der Waals surface area contributed by atoms with Crippen LogP contribution in [0.15, 0.2) is 36.8 Å². The van der Waals surface area contributed by atoms with Crippen LogP contribution in [0.3, 0.4) is 0 Å². The molecule has 2 amide bonds. The Kier molecular flexibility index (Phi) is 10.2. The molecular formula is C22H30N4O5. The maximum Gasteiger partial charge on any atom is 0.274 e. The minimum atomic E-state index is -0.248. The Morgan fingerprint density at radius 1 is 1.06 bits per heavy atom. The fraction of sp³-hybridized carbons (Fsp3) is 0.455. The van der Waals surface area contributed by atoms with Crippen molar-refractivity contribution in [2.45, 2.75) is 19.3 Å². The van der Waals surface area contributed by atoms with E-state index in [4.69, 9.17) is 14.2 Å². The summed E-state index contributed by atoms with van der Waals surface area (Å²) in [5, 5.41) is 2.90. The van der Waals surface area contributed by atoms with Gasteiger partial charge in [-0.1, -0.05) is 6.07 Å². The molecule has 1 heterocycles. The first kappa shape index (κ1) is 24.1. The lowest BCUT2D eigenvalue weighted by molar-refractivity contribution is -0.121. The molecule has 0 saturated carbocycles. The molecular weight excluding hydrogens is 400 g/mol. The zero-order valence-corrected chi connectivity index (χ0v) is 18.3. The van der Waals surface area contributed by atoms with Gasteiger partial charge in [-0.25, -0.2) is 4.98 Å². The van der Waals surface area contributed by atoms with E-state index in [0.717, 1.165) is 5.56 Å². The van der Waals surface area contributed by atoms with Crippen LogP contribution in [0, 0.1) is 0 Å². The molecule has 9 heteroatoms. The van der Waals surface area contributed by atoms with Crippen LogP contribution in [0.1, 0.15) is 28.9 Å². The van der Waals surface area contributed by atoms with E-state index in [1.807, 2.05) is 18.2 Å². The second-order valence-electron chi connectivity index (χ2n) is 6.77. The Balaban J connectivity index is 1.84. The second-order valence-corrected chi connectivity index (χ2v) is 6.77. The Morgan fingerprint density at radius 3 is 2.55 bits per heavy atom. The number of carbonyl (C=O) groups excluding carboxylic acids is 2. The molecule has 0 atom stereocenters. The Hall–Kier alpha value is -3.20. The summed E-state index contributed by atoms with van der Waals surface area (Å²) < 4.78 is 15.6. The van der Waals surface area contributed by atoms with Crippen LogP contribution in [0.5, 0.6) is 11.5 Å². The lowest BCUT2D eigenvalue weighted by atomic mass is 10.1. The Bertz CT molecular complexity index is 832. The molecule has 1 aromatic carbocycles. The number of nitrogens with one attached hydrogen (secondary N) is 1. The Morgan fingerprint density at radius 2 is 1.87 bits per heavy atom. The van der Waals surface area contributed by atoms with Gasteiger partial charge in [-0.2, -0.15) is 0 Å². The van der Waals surface area contributed by atoms with Crippen LogP contribution >= 0.6 is 0 Å². The maximum absolute atomic E-state index is 12.7. The van der Waals surface area contributed by atoms with Gasteiger partial charge in [0.2, 0.25) is 5.91 Å². The highest BCUT2D eigenvalue weighted by Crippen LogP contribution is 2.27. The topological polar surface area (TPSA) is 103 Å². The lowest BCUT2D eigenvalue weighted by Gasteiger charge is -2.22. The molecule has 0 fully saturated rings. The average molecular weight is 431 g/mol. The minimum Gasteiger partial charge on any atom is -0.493 e. The lowest BCUT2D eigenvalue weighted by Crippen LogP contribution is -2.37. The number of hydrogen-bond donors (Lipinski definition) is 1. The van der Waals surface area contributed by atoms with E-state index >= 15 is 0 Å². The molecule has 0 spiro atoms. The van der Waals surface area contributed by atoms with E-state index in [1.54, 1.807) is 26.2 Å². The number of benzene rings is 1. The molecule has 1 N–H and O–H groups in total. The van der Waals surface area contributed by atoms with E-state index in [0.29, 0.717) is 50.6 Å². The van der Waals surface area contributed by atoms with Crippen molar-refractivity contribution in [1.29, 1.82) is 0 Å². The molecule has 2 rings (SSSR count). The van der Waals surface area contributed by atoms with Crippen LogP contribution in [-0.2, 0) is 16.0 Å². The molecule has 0 saturated heterocycles. The smallest absolute Gasteiger partial charge is 0.274 e. The highest BCUT2D eigenvalue weighted by molar-refractivity contribution is 5.92. The van der Waals surface area contributed by atoms with Crippen molar-refractivity contribution in [3.8, 4) is 11.5 Å². The standard InChI is InChI=1S/C22H30N4O5/c1-29-14-4-12-26(22(28)18-16-23-10-11-24-18)13-8-21(27)25-9-7-17-5-6-19(30-2)20(15-17)31-3/h5-6,10-11,15-16H,4,7-9,12-14H2,1-3H3,(H,25,27). The van der Waals surface area contributed by atoms with Crippen LogP contribution in [-0.4, -0.2) is 74.3 Å². The fourth-order valence-electron chi connectivity index (χ4n) is 2.99. The van der Waals surface area contributed by atoms with Crippen LogP contribution in [0.2, 0.25) is 0 Å². The van der Waals surface area contributed by atoms with E-state index in [9.17, 15) is 9.59 Å². The molecule has 0 radical (unpaired) electrons. The third kappa shape index (κ3) is 7.86. The van der Waals surface area contributed by atoms with Crippen molar-refractivity contribution in [1.82, 2.24) is 20.2 Å². The zero-order chi connectivity index (χ0) is 22.5. The van der Waals surface area contributed by atoms with Crippen LogP contribution in [0.25, 0.3) is 0 Å². The van der Waals surface area contributed by atoms with Crippen molar-refractivity contribution in [3.63, 3.8) is 0 Å². The quantitative estimate of drug-likeness (QED) is 0.483. The largest absolute Gasteiger partial charge is 0.493 e. The van der Waals surface area contributed by atoms with Gasteiger partial charge in [0.25, 0.3) is 5.91 Å². The number of amides is 2. The maximum atomic E-state index is 12.7. The van der Waals surface area contributed by atoms with Gasteiger partial charge in [0.05, 0.1) is 20.4 Å². The average Bonchev–Trinajstić information content (AvgIpc) is 2.81. The molecule has 0 unspecified atom stereocenters. The molecule has 2 aromatic rings. The number of carbonyl (C=O) groups is 2. The normalized spacial score (nSPS) is 10.4. The predicted octanol–water partition coefficient (Wildman–Crippen LogP) is 1.72. The van der Waals surface area contributed by atoms with Gasteiger partial charge >= 0.3 is 0 Å². The van der Waals surface area contributed by atoms with Gasteiger partial charge in [-0.05, 0) is 30.5 Å². The van der Waals surface area contributed by atoms with Gasteiger partial charge in [0, 0.05) is 52.2 Å². The first-order valence-electron chi connectivity index (χ1n) is 10.1. The molecule has 0 aliphatic carbocycles. The molecule has 1 aromatic heterocycles. The summed E-state index contributed by atoms with van der Waals surface area (Å²) in [4.78, 5) is 34.6. The molecule has 31 heavy (non-hydrogen) atoms. The van der Waals surface area contributed by atoms with Crippen LogP contribution < -0.4 is 14.8 Å². The van der Waals surface area contributed by atoms with Crippen molar-refractivity contribution >= 4 is 11.8 Å². The highest BCUT2D eigenvalue weighted by Gasteiger charge is 2.18. The number of nitrogens with zero attached hydrogens (tertiary/aromatic N) is 3. The van der Waals surface area contributed by atoms with Gasteiger partial charge in [-0.15, -0.1) is 0 Å².